The molecule has 33 heavy (non-hydrogen) atoms. The van der Waals surface area contributed by atoms with Gasteiger partial charge in [0.25, 0.3) is 0 Å². The van der Waals surface area contributed by atoms with Crippen LogP contribution in [0.2, 0.25) is 5.02 Å². The third-order valence-electron chi connectivity index (χ3n) is 4.62. The Morgan fingerprint density at radius 1 is 0.879 bits per heavy atom. The van der Waals surface area contributed by atoms with Crippen LogP contribution in [0.5, 0.6) is 11.6 Å². The minimum absolute atomic E-state index is 0.353. The minimum Gasteiger partial charge on any atom is -0.439 e. The van der Waals surface area contributed by atoms with Gasteiger partial charge < -0.3 is 20.1 Å². The molecule has 0 aliphatic rings. The zero-order chi connectivity index (χ0) is 23.3. The lowest BCUT2D eigenvalue weighted by Gasteiger charge is -2.08. The highest BCUT2D eigenvalue weighted by molar-refractivity contribution is 6.39. The van der Waals surface area contributed by atoms with E-state index in [4.69, 9.17) is 21.1 Å². The number of amides is 2. The van der Waals surface area contributed by atoms with Gasteiger partial charge in [-0.05, 0) is 55.2 Å². The molecule has 0 spiro atoms. The zero-order valence-corrected chi connectivity index (χ0v) is 18.9. The van der Waals surface area contributed by atoms with Crippen molar-refractivity contribution in [3.63, 3.8) is 0 Å². The lowest BCUT2D eigenvalue weighted by molar-refractivity contribution is -0.136. The van der Waals surface area contributed by atoms with Crippen molar-refractivity contribution in [2.45, 2.75) is 19.3 Å². The van der Waals surface area contributed by atoms with Crippen LogP contribution in [0.3, 0.4) is 0 Å². The highest BCUT2D eigenvalue weighted by Gasteiger charge is 2.13. The van der Waals surface area contributed by atoms with Crippen LogP contribution in [0, 0.1) is 0 Å². The summed E-state index contributed by atoms with van der Waals surface area (Å²) in [5.74, 6) is -0.501. The van der Waals surface area contributed by atoms with Crippen molar-refractivity contribution >= 4 is 29.1 Å². The molecule has 0 radical (unpaired) electrons. The molecule has 0 aliphatic carbocycles. The first-order valence-corrected chi connectivity index (χ1v) is 11.1. The van der Waals surface area contributed by atoms with Crippen LogP contribution in [0.1, 0.15) is 18.4 Å². The van der Waals surface area contributed by atoms with Gasteiger partial charge in [-0.1, -0.05) is 41.9 Å². The predicted octanol–water partition coefficient (Wildman–Crippen LogP) is 4.62. The molecule has 0 saturated carbocycles. The number of pyridine rings is 1. The van der Waals surface area contributed by atoms with Gasteiger partial charge in [0.1, 0.15) is 5.75 Å². The summed E-state index contributed by atoms with van der Waals surface area (Å²) in [5, 5.41) is 5.73. The molecule has 2 N–H and O–H groups in total. The first-order chi connectivity index (χ1) is 16.1. The predicted molar refractivity (Wildman–Crippen MR) is 128 cm³/mol. The number of carbonyl (C=O) groups excluding carboxylic acids is 2. The SMILES string of the molecule is O=C(NCCCCOCCc1ccccc1)C(=O)Nc1ccc(Oc2ccc(Cl)cc2)nc1. The van der Waals surface area contributed by atoms with E-state index in [0.29, 0.717) is 42.1 Å². The molecule has 2 amide bonds. The van der Waals surface area contributed by atoms with Crippen LogP contribution in [0.15, 0.2) is 72.9 Å². The maximum absolute atomic E-state index is 12.0. The Hall–Kier alpha value is -3.42. The van der Waals surface area contributed by atoms with E-state index in [1.165, 1.54) is 11.8 Å². The quantitative estimate of drug-likeness (QED) is 0.317. The molecule has 0 unspecified atom stereocenters. The summed E-state index contributed by atoms with van der Waals surface area (Å²) in [4.78, 5) is 28.1. The van der Waals surface area contributed by atoms with Gasteiger partial charge in [0.2, 0.25) is 5.88 Å². The normalized spacial score (nSPS) is 10.5. The molecule has 0 bridgehead atoms. The van der Waals surface area contributed by atoms with E-state index in [9.17, 15) is 9.59 Å². The molecule has 172 valence electrons. The fourth-order valence-electron chi connectivity index (χ4n) is 2.87. The number of unbranched alkanes of at least 4 members (excludes halogenated alkanes) is 1. The van der Waals surface area contributed by atoms with E-state index in [-0.39, 0.29) is 0 Å². The number of ether oxygens (including phenoxy) is 2. The number of nitrogens with one attached hydrogen (secondary N) is 2. The Bertz CT molecular complexity index is 1010. The Morgan fingerprint density at radius 2 is 1.67 bits per heavy atom. The van der Waals surface area contributed by atoms with Crippen molar-refractivity contribution in [1.82, 2.24) is 10.3 Å². The molecular weight excluding hydrogens is 442 g/mol. The van der Waals surface area contributed by atoms with Crippen LogP contribution in [0.4, 0.5) is 5.69 Å². The highest BCUT2D eigenvalue weighted by Crippen LogP contribution is 2.22. The number of hydrogen-bond acceptors (Lipinski definition) is 5. The molecular formula is C25H26ClN3O4. The van der Waals surface area contributed by atoms with E-state index < -0.39 is 11.8 Å². The number of halogens is 1. The molecule has 1 aromatic heterocycles. The van der Waals surface area contributed by atoms with Crippen LogP contribution in [-0.2, 0) is 20.7 Å². The van der Waals surface area contributed by atoms with Gasteiger partial charge in [-0.25, -0.2) is 4.98 Å². The maximum atomic E-state index is 12.0. The van der Waals surface area contributed by atoms with Crippen molar-refractivity contribution in [2.75, 3.05) is 25.1 Å². The van der Waals surface area contributed by atoms with Crippen molar-refractivity contribution in [3.05, 3.63) is 83.5 Å². The topological polar surface area (TPSA) is 89.5 Å². The van der Waals surface area contributed by atoms with Gasteiger partial charge in [0.05, 0.1) is 18.5 Å². The molecule has 1 heterocycles. The molecule has 0 aliphatic heterocycles. The number of aromatic nitrogens is 1. The van der Waals surface area contributed by atoms with Crippen molar-refractivity contribution in [3.8, 4) is 11.6 Å². The van der Waals surface area contributed by atoms with Crippen LogP contribution >= 0.6 is 11.6 Å². The second-order valence-corrected chi connectivity index (χ2v) is 7.64. The van der Waals surface area contributed by atoms with E-state index in [2.05, 4.69) is 27.8 Å². The standard InChI is InChI=1S/C25H26ClN3O4/c26-20-8-11-22(12-9-20)33-23-13-10-21(18-28-23)29-25(31)24(30)27-15-4-5-16-32-17-14-19-6-2-1-3-7-19/h1-3,6-13,18H,4-5,14-17H2,(H,27,30)(H,29,31). The molecule has 0 atom stereocenters. The largest absolute Gasteiger partial charge is 0.439 e. The fraction of sp³-hybridized carbons (Fsp3) is 0.240. The lowest BCUT2D eigenvalue weighted by atomic mass is 10.2. The Balaban J connectivity index is 1.27. The summed E-state index contributed by atoms with van der Waals surface area (Å²) in [6.45, 7) is 1.68. The summed E-state index contributed by atoms with van der Waals surface area (Å²) < 4.78 is 11.2. The average molecular weight is 468 g/mol. The molecule has 2 aromatic carbocycles. The summed E-state index contributed by atoms with van der Waals surface area (Å²) in [6.07, 6.45) is 3.82. The van der Waals surface area contributed by atoms with Crippen molar-refractivity contribution in [1.29, 1.82) is 0 Å². The number of rotatable bonds is 11. The highest BCUT2D eigenvalue weighted by atomic mass is 35.5. The van der Waals surface area contributed by atoms with E-state index in [0.717, 1.165) is 19.3 Å². The third kappa shape index (κ3) is 8.92. The molecule has 0 fully saturated rings. The van der Waals surface area contributed by atoms with Gasteiger partial charge in [-0.15, -0.1) is 0 Å². The van der Waals surface area contributed by atoms with Gasteiger partial charge in [0, 0.05) is 24.2 Å². The van der Waals surface area contributed by atoms with Gasteiger partial charge in [-0.2, -0.15) is 0 Å². The molecule has 0 saturated heterocycles. The summed E-state index contributed by atoms with van der Waals surface area (Å²) in [7, 11) is 0. The van der Waals surface area contributed by atoms with Crippen LogP contribution in [-0.4, -0.2) is 36.6 Å². The third-order valence-corrected chi connectivity index (χ3v) is 4.87. The molecule has 8 heteroatoms. The first-order valence-electron chi connectivity index (χ1n) is 10.7. The van der Waals surface area contributed by atoms with E-state index in [1.54, 1.807) is 36.4 Å². The number of hydrogen-bond donors (Lipinski definition) is 2. The average Bonchev–Trinajstić information content (AvgIpc) is 2.84. The monoisotopic (exact) mass is 467 g/mol. The minimum atomic E-state index is -0.748. The van der Waals surface area contributed by atoms with Crippen LogP contribution < -0.4 is 15.4 Å². The fourth-order valence-corrected chi connectivity index (χ4v) is 3.00. The number of carbonyl (C=O) groups is 2. The molecule has 3 aromatic rings. The van der Waals surface area contributed by atoms with Crippen molar-refractivity contribution < 1.29 is 19.1 Å². The summed E-state index contributed by atoms with van der Waals surface area (Å²) >= 11 is 5.84. The van der Waals surface area contributed by atoms with E-state index >= 15 is 0 Å². The second-order valence-electron chi connectivity index (χ2n) is 7.21. The van der Waals surface area contributed by atoms with Crippen LogP contribution in [0.25, 0.3) is 0 Å². The second kappa shape index (κ2) is 13.2. The van der Waals surface area contributed by atoms with Crippen molar-refractivity contribution in [2.24, 2.45) is 0 Å². The van der Waals surface area contributed by atoms with Gasteiger partial charge in [-0.3, -0.25) is 9.59 Å². The number of anilines is 1. The Labute approximate surface area is 198 Å². The Morgan fingerprint density at radius 3 is 2.39 bits per heavy atom. The maximum Gasteiger partial charge on any atom is 0.313 e. The van der Waals surface area contributed by atoms with Gasteiger partial charge in [0.15, 0.2) is 0 Å². The van der Waals surface area contributed by atoms with E-state index in [1.807, 2.05) is 18.2 Å². The molecule has 7 nitrogen and oxygen atoms in total. The summed E-state index contributed by atoms with van der Waals surface area (Å²) in [5.41, 5.74) is 1.64. The smallest absolute Gasteiger partial charge is 0.313 e. The zero-order valence-electron chi connectivity index (χ0n) is 18.1. The summed E-state index contributed by atoms with van der Waals surface area (Å²) in [6, 6.07) is 20.2. The number of nitrogens with zero attached hydrogens (tertiary/aromatic N) is 1. The Kier molecular flexibility index (Phi) is 9.69. The first kappa shape index (κ1) is 24.2. The molecule has 3 rings (SSSR count). The van der Waals surface area contributed by atoms with Gasteiger partial charge >= 0.3 is 11.8 Å². The number of benzene rings is 2. The lowest BCUT2D eigenvalue weighted by Crippen LogP contribution is -2.36.